The minimum Gasteiger partial charge on any atom is -0.478 e. The number of aromatic nitrogens is 1. The summed E-state index contributed by atoms with van der Waals surface area (Å²) in [6.45, 7) is 0.740. The van der Waals surface area contributed by atoms with Crippen molar-refractivity contribution in [3.8, 4) is 6.07 Å². The van der Waals surface area contributed by atoms with Crippen molar-refractivity contribution in [2.24, 2.45) is 0 Å². The number of fused-ring (bicyclic) bond motifs is 1. The molecular formula is C25H18N2O2. The standard InChI is InChI=1S/C25H18N2O2/c26-15-21(19-10-12-20(13-11-19)25(28)29)14-22-17-27(16-18-6-2-1-3-7-18)24-9-5-4-8-23(22)24/h1-14,17H,16H2,(H,28,29)/b21-14-. The van der Waals surface area contributed by atoms with Gasteiger partial charge in [0.2, 0.25) is 0 Å². The van der Waals surface area contributed by atoms with E-state index >= 15 is 0 Å². The highest BCUT2D eigenvalue weighted by Gasteiger charge is 2.10. The van der Waals surface area contributed by atoms with Crippen LogP contribution in [-0.2, 0) is 6.54 Å². The van der Waals surface area contributed by atoms with E-state index in [4.69, 9.17) is 5.11 Å². The summed E-state index contributed by atoms with van der Waals surface area (Å²) in [5.41, 5.74) is 4.64. The summed E-state index contributed by atoms with van der Waals surface area (Å²) in [6.07, 6.45) is 3.92. The summed E-state index contributed by atoms with van der Waals surface area (Å²) < 4.78 is 2.18. The number of nitriles is 1. The van der Waals surface area contributed by atoms with Crippen LogP contribution in [0.15, 0.2) is 85.1 Å². The fourth-order valence-corrected chi connectivity index (χ4v) is 3.43. The van der Waals surface area contributed by atoms with Gasteiger partial charge in [-0.3, -0.25) is 0 Å². The Labute approximate surface area is 168 Å². The Morgan fingerprint density at radius 2 is 1.59 bits per heavy atom. The second-order valence-corrected chi connectivity index (χ2v) is 6.77. The monoisotopic (exact) mass is 378 g/mol. The lowest BCUT2D eigenvalue weighted by Crippen LogP contribution is -1.97. The summed E-state index contributed by atoms with van der Waals surface area (Å²) in [7, 11) is 0. The molecule has 0 aliphatic carbocycles. The van der Waals surface area contributed by atoms with Gasteiger partial charge in [0.05, 0.1) is 17.2 Å². The lowest BCUT2D eigenvalue weighted by Gasteiger charge is -2.05. The fraction of sp³-hybridized carbons (Fsp3) is 0.0400. The summed E-state index contributed by atoms with van der Waals surface area (Å²) >= 11 is 0. The van der Waals surface area contributed by atoms with Gasteiger partial charge in [0.15, 0.2) is 0 Å². The van der Waals surface area contributed by atoms with E-state index in [9.17, 15) is 10.1 Å². The average molecular weight is 378 g/mol. The largest absolute Gasteiger partial charge is 0.478 e. The minimum absolute atomic E-state index is 0.200. The van der Waals surface area contributed by atoms with Crippen molar-refractivity contribution < 1.29 is 9.90 Å². The molecular weight excluding hydrogens is 360 g/mol. The van der Waals surface area contributed by atoms with Crippen LogP contribution in [0, 0.1) is 11.3 Å². The first-order valence-electron chi connectivity index (χ1n) is 9.23. The third kappa shape index (κ3) is 3.80. The third-order valence-corrected chi connectivity index (χ3v) is 4.88. The Morgan fingerprint density at radius 1 is 0.931 bits per heavy atom. The zero-order valence-electron chi connectivity index (χ0n) is 15.6. The van der Waals surface area contributed by atoms with Crippen LogP contribution in [0.2, 0.25) is 0 Å². The van der Waals surface area contributed by atoms with E-state index < -0.39 is 5.97 Å². The molecule has 1 N–H and O–H groups in total. The molecule has 3 aromatic carbocycles. The van der Waals surface area contributed by atoms with E-state index in [2.05, 4.69) is 35.0 Å². The zero-order chi connectivity index (χ0) is 20.2. The minimum atomic E-state index is -0.983. The number of allylic oxidation sites excluding steroid dienone is 1. The van der Waals surface area contributed by atoms with Crippen molar-refractivity contribution in [2.75, 3.05) is 0 Å². The predicted octanol–water partition coefficient (Wildman–Crippen LogP) is 5.45. The molecule has 1 aromatic heterocycles. The number of carboxylic acid groups (broad SMARTS) is 1. The van der Waals surface area contributed by atoms with Gasteiger partial charge in [-0.25, -0.2) is 4.79 Å². The number of carbonyl (C=O) groups is 1. The van der Waals surface area contributed by atoms with Crippen molar-refractivity contribution >= 4 is 28.5 Å². The SMILES string of the molecule is N#C/C(=C/c1cn(Cc2ccccc2)c2ccccc12)c1ccc(C(=O)O)cc1. The molecule has 0 aliphatic rings. The molecule has 0 unspecified atom stereocenters. The number of hydrogen-bond donors (Lipinski definition) is 1. The van der Waals surface area contributed by atoms with Crippen molar-refractivity contribution in [3.63, 3.8) is 0 Å². The molecule has 0 atom stereocenters. The highest BCUT2D eigenvalue weighted by atomic mass is 16.4. The van der Waals surface area contributed by atoms with Crippen molar-refractivity contribution in [1.82, 2.24) is 4.57 Å². The van der Waals surface area contributed by atoms with Crippen LogP contribution in [0.3, 0.4) is 0 Å². The van der Waals surface area contributed by atoms with E-state index in [-0.39, 0.29) is 5.56 Å². The molecule has 1 heterocycles. The molecule has 0 radical (unpaired) electrons. The number of hydrogen-bond acceptors (Lipinski definition) is 2. The Balaban J connectivity index is 1.76. The number of nitrogens with zero attached hydrogens (tertiary/aromatic N) is 2. The van der Waals surface area contributed by atoms with Gasteiger partial charge in [0.25, 0.3) is 0 Å². The van der Waals surface area contributed by atoms with Crippen molar-refractivity contribution in [3.05, 3.63) is 107 Å². The summed E-state index contributed by atoms with van der Waals surface area (Å²) in [5.74, 6) is -0.983. The van der Waals surface area contributed by atoms with Crippen LogP contribution in [0.1, 0.15) is 27.0 Å². The normalized spacial score (nSPS) is 11.3. The number of para-hydroxylation sites is 1. The zero-order valence-corrected chi connectivity index (χ0v) is 15.6. The molecule has 4 aromatic rings. The highest BCUT2D eigenvalue weighted by Crippen LogP contribution is 2.27. The molecule has 0 bridgehead atoms. The first kappa shape index (κ1) is 18.3. The van der Waals surface area contributed by atoms with Crippen LogP contribution < -0.4 is 0 Å². The van der Waals surface area contributed by atoms with Gasteiger partial charge in [-0.2, -0.15) is 5.26 Å². The fourth-order valence-electron chi connectivity index (χ4n) is 3.43. The molecule has 0 fully saturated rings. The Bertz CT molecular complexity index is 1240. The number of benzene rings is 3. The molecule has 0 spiro atoms. The van der Waals surface area contributed by atoms with Gasteiger partial charge in [-0.05, 0) is 35.4 Å². The number of aromatic carboxylic acids is 1. The summed E-state index contributed by atoms with van der Waals surface area (Å²) in [5, 5.41) is 19.8. The average Bonchev–Trinajstić information content (AvgIpc) is 3.10. The van der Waals surface area contributed by atoms with Gasteiger partial charge in [0.1, 0.15) is 0 Å². The maximum Gasteiger partial charge on any atom is 0.335 e. The van der Waals surface area contributed by atoms with Crippen LogP contribution in [0.25, 0.3) is 22.6 Å². The van der Waals surface area contributed by atoms with Crippen molar-refractivity contribution in [1.29, 1.82) is 5.26 Å². The van der Waals surface area contributed by atoms with Gasteiger partial charge < -0.3 is 9.67 Å². The molecule has 4 heteroatoms. The van der Waals surface area contributed by atoms with Crippen LogP contribution in [0.4, 0.5) is 0 Å². The Morgan fingerprint density at radius 3 is 2.28 bits per heavy atom. The van der Waals surface area contributed by atoms with Gasteiger partial charge >= 0.3 is 5.97 Å². The van der Waals surface area contributed by atoms with Crippen LogP contribution in [0.5, 0.6) is 0 Å². The smallest absolute Gasteiger partial charge is 0.335 e. The molecule has 4 rings (SSSR count). The van der Waals surface area contributed by atoms with E-state index in [0.717, 1.165) is 23.0 Å². The quantitative estimate of drug-likeness (QED) is 0.470. The van der Waals surface area contributed by atoms with E-state index in [1.165, 1.54) is 17.7 Å². The molecule has 0 saturated carbocycles. The molecule has 0 saturated heterocycles. The molecule has 0 amide bonds. The van der Waals surface area contributed by atoms with Crippen LogP contribution >= 0.6 is 0 Å². The second kappa shape index (κ2) is 7.87. The van der Waals surface area contributed by atoms with Crippen LogP contribution in [-0.4, -0.2) is 15.6 Å². The lowest BCUT2D eigenvalue weighted by atomic mass is 10.0. The molecule has 140 valence electrons. The summed E-state index contributed by atoms with van der Waals surface area (Å²) in [4.78, 5) is 11.1. The van der Waals surface area contributed by atoms with Gasteiger partial charge in [0, 0.05) is 29.2 Å². The van der Waals surface area contributed by atoms with Gasteiger partial charge in [-0.15, -0.1) is 0 Å². The molecule has 29 heavy (non-hydrogen) atoms. The second-order valence-electron chi connectivity index (χ2n) is 6.77. The van der Waals surface area contributed by atoms with Crippen molar-refractivity contribution in [2.45, 2.75) is 6.54 Å². The predicted molar refractivity (Wildman–Crippen MR) is 114 cm³/mol. The van der Waals surface area contributed by atoms with E-state index in [1.807, 2.05) is 42.5 Å². The lowest BCUT2D eigenvalue weighted by molar-refractivity contribution is 0.0697. The van der Waals surface area contributed by atoms with E-state index in [0.29, 0.717) is 11.1 Å². The highest BCUT2D eigenvalue weighted by molar-refractivity contribution is 5.98. The third-order valence-electron chi connectivity index (χ3n) is 4.88. The van der Waals surface area contributed by atoms with Gasteiger partial charge in [-0.1, -0.05) is 60.7 Å². The maximum absolute atomic E-state index is 11.1. The topological polar surface area (TPSA) is 66.0 Å². The summed E-state index contributed by atoms with van der Waals surface area (Å²) in [6, 6.07) is 27.0. The maximum atomic E-state index is 11.1. The molecule has 0 aliphatic heterocycles. The Kier molecular flexibility index (Phi) is 4.96. The first-order chi connectivity index (χ1) is 14.2. The molecule has 4 nitrogen and oxygen atoms in total. The Hall–Kier alpha value is -4.10. The van der Waals surface area contributed by atoms with E-state index in [1.54, 1.807) is 12.1 Å². The number of rotatable bonds is 5. The number of carboxylic acids is 1. The first-order valence-corrected chi connectivity index (χ1v) is 9.23.